The van der Waals surface area contributed by atoms with Crippen molar-refractivity contribution in [2.24, 2.45) is 0 Å². The van der Waals surface area contributed by atoms with E-state index in [0.29, 0.717) is 5.88 Å². The number of allylic oxidation sites excluding steroid dienone is 1. The van der Waals surface area contributed by atoms with Crippen LogP contribution in [0.2, 0.25) is 0 Å². The average Bonchev–Trinajstić information content (AvgIpc) is 3.35. The molecule has 40 heavy (non-hydrogen) atoms. The largest absolute Gasteiger partial charge is 0.438 e. The predicted molar refractivity (Wildman–Crippen MR) is 167 cm³/mol. The summed E-state index contributed by atoms with van der Waals surface area (Å²) < 4.78 is 6.38. The van der Waals surface area contributed by atoms with Gasteiger partial charge in [-0.25, -0.2) is 0 Å². The van der Waals surface area contributed by atoms with E-state index in [1.54, 1.807) is 0 Å². The molecular formula is C36H27BN2O. The minimum absolute atomic E-state index is 0.0978. The van der Waals surface area contributed by atoms with Crippen LogP contribution in [0.5, 0.6) is 0 Å². The zero-order valence-electron chi connectivity index (χ0n) is 22.0. The number of fused-ring (bicyclic) bond motifs is 2. The van der Waals surface area contributed by atoms with Gasteiger partial charge in [0.05, 0.1) is 0 Å². The molecule has 6 aromatic rings. The van der Waals surface area contributed by atoms with Crippen molar-refractivity contribution in [2.45, 2.75) is 12.3 Å². The van der Waals surface area contributed by atoms with Gasteiger partial charge >= 0.3 is 0 Å². The fourth-order valence-corrected chi connectivity index (χ4v) is 5.74. The minimum atomic E-state index is 0.0978. The fraction of sp³-hybridized carbons (Fsp3) is 0.0556. The Balaban J connectivity index is 1.36. The third kappa shape index (κ3) is 4.38. The lowest BCUT2D eigenvalue weighted by Crippen LogP contribution is -2.16. The van der Waals surface area contributed by atoms with Gasteiger partial charge in [0.2, 0.25) is 5.88 Å². The summed E-state index contributed by atoms with van der Waals surface area (Å²) in [5.74, 6) is 0.751. The topological polar surface area (TPSA) is 37.2 Å². The van der Waals surface area contributed by atoms with Gasteiger partial charge in [0.1, 0.15) is 19.1 Å². The van der Waals surface area contributed by atoms with Crippen LogP contribution in [-0.2, 0) is 6.42 Å². The molecule has 190 valence electrons. The second kappa shape index (κ2) is 10.3. The van der Waals surface area contributed by atoms with Crippen molar-refractivity contribution < 1.29 is 4.42 Å². The lowest BCUT2D eigenvalue weighted by molar-refractivity contribution is 0.635. The Kier molecular flexibility index (Phi) is 6.22. The number of anilines is 4. The SMILES string of the molecule is [B]C1=C(c2ccccc2Nc2oc3ccccc3c2Nc2ccccc2)c2ccccc2C[C@H]1c1ccccc1. The molecule has 5 aromatic carbocycles. The van der Waals surface area contributed by atoms with Crippen molar-refractivity contribution in [1.29, 1.82) is 0 Å². The summed E-state index contributed by atoms with van der Waals surface area (Å²) in [6.07, 6.45) is 0.875. The number of para-hydroxylation sites is 3. The van der Waals surface area contributed by atoms with Gasteiger partial charge in [-0.1, -0.05) is 103 Å². The van der Waals surface area contributed by atoms with Crippen LogP contribution in [0.15, 0.2) is 143 Å². The van der Waals surface area contributed by atoms with Gasteiger partial charge in [0.25, 0.3) is 0 Å². The highest BCUT2D eigenvalue weighted by atomic mass is 16.4. The Morgan fingerprint density at radius 1 is 0.625 bits per heavy atom. The van der Waals surface area contributed by atoms with Gasteiger partial charge in [0.15, 0.2) is 0 Å². The highest BCUT2D eigenvalue weighted by Gasteiger charge is 2.27. The Morgan fingerprint density at radius 2 is 1.27 bits per heavy atom. The van der Waals surface area contributed by atoms with Crippen molar-refractivity contribution >= 4 is 47.3 Å². The van der Waals surface area contributed by atoms with Gasteiger partial charge < -0.3 is 15.1 Å². The first kappa shape index (κ1) is 24.1. The van der Waals surface area contributed by atoms with E-state index in [2.05, 4.69) is 89.5 Å². The summed E-state index contributed by atoms with van der Waals surface area (Å²) in [6, 6.07) is 45.7. The summed E-state index contributed by atoms with van der Waals surface area (Å²) in [7, 11) is 7.07. The van der Waals surface area contributed by atoms with Crippen molar-refractivity contribution in [3.63, 3.8) is 0 Å². The molecule has 0 spiro atoms. The molecule has 2 radical (unpaired) electrons. The summed E-state index contributed by atoms with van der Waals surface area (Å²) >= 11 is 0. The molecule has 1 aromatic heterocycles. The van der Waals surface area contributed by atoms with Gasteiger partial charge in [-0.3, -0.25) is 0 Å². The number of hydrogen-bond donors (Lipinski definition) is 2. The van der Waals surface area contributed by atoms with E-state index in [4.69, 9.17) is 12.3 Å². The molecule has 1 aliphatic rings. The maximum Gasteiger partial charge on any atom is 0.222 e. The molecule has 0 amide bonds. The number of furan rings is 1. The van der Waals surface area contributed by atoms with Gasteiger partial charge in [-0.2, -0.15) is 0 Å². The van der Waals surface area contributed by atoms with Crippen LogP contribution in [-0.4, -0.2) is 7.85 Å². The molecule has 0 saturated carbocycles. The molecule has 0 aliphatic heterocycles. The summed E-state index contributed by atoms with van der Waals surface area (Å²) in [4.78, 5) is 0. The monoisotopic (exact) mass is 514 g/mol. The lowest BCUT2D eigenvalue weighted by atomic mass is 9.66. The maximum atomic E-state index is 7.07. The van der Waals surface area contributed by atoms with Crippen LogP contribution in [0.4, 0.5) is 22.9 Å². The summed E-state index contributed by atoms with van der Waals surface area (Å²) in [5, 5.41) is 8.22. The molecule has 1 heterocycles. The molecule has 1 aliphatic carbocycles. The first-order valence-electron chi connectivity index (χ1n) is 13.6. The Bertz CT molecular complexity index is 1840. The molecule has 7 rings (SSSR count). The van der Waals surface area contributed by atoms with Crippen LogP contribution < -0.4 is 10.6 Å². The van der Waals surface area contributed by atoms with Gasteiger partial charge in [0, 0.05) is 28.2 Å². The quantitative estimate of drug-likeness (QED) is 0.218. The number of rotatable bonds is 6. The molecule has 0 saturated heterocycles. The standard InChI is InChI=1S/C36H27BN2O/c37-34-30(24-13-3-1-4-14-24)23-25-15-7-8-18-27(25)33(34)28-19-9-11-21-31(28)39-36-35(38-26-16-5-2-6-17-26)29-20-10-12-22-32(29)40-36/h1-22,30,38-39H,23H2/t30-/m0/s1. The van der Waals surface area contributed by atoms with E-state index in [1.165, 1.54) is 16.7 Å². The van der Waals surface area contributed by atoms with Crippen molar-refractivity contribution in [1.82, 2.24) is 0 Å². The van der Waals surface area contributed by atoms with Crippen LogP contribution in [0, 0.1) is 0 Å². The van der Waals surface area contributed by atoms with Crippen molar-refractivity contribution in [3.8, 4) is 0 Å². The van der Waals surface area contributed by atoms with Crippen LogP contribution in [0.25, 0.3) is 16.5 Å². The van der Waals surface area contributed by atoms with Crippen LogP contribution >= 0.6 is 0 Å². The molecule has 4 heteroatoms. The molecule has 0 unspecified atom stereocenters. The Hall–Kier alpha value is -4.96. The molecule has 2 N–H and O–H groups in total. The van der Waals surface area contributed by atoms with Gasteiger partial charge in [-0.15, -0.1) is 5.47 Å². The number of nitrogens with one attached hydrogen (secondary N) is 2. The van der Waals surface area contributed by atoms with Crippen LogP contribution in [0.3, 0.4) is 0 Å². The molecule has 0 fully saturated rings. The lowest BCUT2D eigenvalue weighted by Gasteiger charge is -2.31. The summed E-state index contributed by atoms with van der Waals surface area (Å²) in [5.41, 5.74) is 10.3. The van der Waals surface area contributed by atoms with Crippen molar-refractivity contribution in [3.05, 3.63) is 161 Å². The van der Waals surface area contributed by atoms with Crippen LogP contribution in [0.1, 0.15) is 28.2 Å². The van der Waals surface area contributed by atoms with E-state index < -0.39 is 0 Å². The first-order chi connectivity index (χ1) is 19.8. The molecular weight excluding hydrogens is 487 g/mol. The number of hydrogen-bond acceptors (Lipinski definition) is 3. The second-order valence-corrected chi connectivity index (χ2v) is 10.1. The molecule has 3 nitrogen and oxygen atoms in total. The summed E-state index contributed by atoms with van der Waals surface area (Å²) in [6.45, 7) is 0. The van der Waals surface area contributed by atoms with Crippen molar-refractivity contribution in [2.75, 3.05) is 10.6 Å². The highest BCUT2D eigenvalue weighted by Crippen LogP contribution is 2.45. The van der Waals surface area contributed by atoms with E-state index >= 15 is 0 Å². The highest BCUT2D eigenvalue weighted by molar-refractivity contribution is 6.28. The second-order valence-electron chi connectivity index (χ2n) is 10.1. The van der Waals surface area contributed by atoms with E-state index in [0.717, 1.165) is 51.1 Å². The predicted octanol–water partition coefficient (Wildman–Crippen LogP) is 9.19. The zero-order valence-corrected chi connectivity index (χ0v) is 22.0. The maximum absolute atomic E-state index is 7.07. The minimum Gasteiger partial charge on any atom is -0.438 e. The zero-order chi connectivity index (χ0) is 26.9. The molecule has 1 atom stereocenters. The van der Waals surface area contributed by atoms with E-state index in [1.807, 2.05) is 54.6 Å². The third-order valence-electron chi connectivity index (χ3n) is 7.66. The first-order valence-corrected chi connectivity index (χ1v) is 13.6. The smallest absolute Gasteiger partial charge is 0.222 e. The number of benzene rings is 5. The Morgan fingerprint density at radius 3 is 2.10 bits per heavy atom. The third-order valence-corrected chi connectivity index (χ3v) is 7.66. The van der Waals surface area contributed by atoms with Gasteiger partial charge in [-0.05, 0) is 59.0 Å². The van der Waals surface area contributed by atoms with E-state index in [-0.39, 0.29) is 5.92 Å². The fourth-order valence-electron chi connectivity index (χ4n) is 5.74. The normalized spacial score (nSPS) is 14.7. The average molecular weight is 514 g/mol. The Labute approximate surface area is 235 Å². The molecule has 0 bridgehead atoms. The van der Waals surface area contributed by atoms with E-state index in [9.17, 15) is 0 Å².